The Kier molecular flexibility index (Phi) is 6.60. The van der Waals surface area contributed by atoms with Gasteiger partial charge < -0.3 is 24.8 Å². The van der Waals surface area contributed by atoms with Gasteiger partial charge in [-0.25, -0.2) is 9.97 Å². The van der Waals surface area contributed by atoms with Crippen LogP contribution in [0.5, 0.6) is 17.2 Å². The van der Waals surface area contributed by atoms with Crippen LogP contribution in [0.2, 0.25) is 0 Å². The Morgan fingerprint density at radius 1 is 1.08 bits per heavy atom. The van der Waals surface area contributed by atoms with Crippen LogP contribution in [0.3, 0.4) is 0 Å². The van der Waals surface area contributed by atoms with E-state index in [4.69, 9.17) is 14.2 Å². The highest BCUT2D eigenvalue weighted by atomic mass is 16.5. The van der Waals surface area contributed by atoms with Crippen molar-refractivity contribution in [2.45, 2.75) is 26.3 Å². The zero-order valence-corrected chi connectivity index (χ0v) is 15.6. The zero-order chi connectivity index (χ0) is 19.1. The predicted octanol–water partition coefficient (Wildman–Crippen LogP) is 2.97. The number of nitrogens with zero attached hydrogens (tertiary/aromatic N) is 2. The van der Waals surface area contributed by atoms with Gasteiger partial charge in [-0.2, -0.15) is 0 Å². The molecule has 2 N–H and O–H groups in total. The number of carbonyl (C=O) groups excluding carboxylic acids is 1. The minimum absolute atomic E-state index is 0.258. The number of hydrogen-bond acceptors (Lipinski definition) is 7. The molecule has 2 rings (SSSR count). The molecule has 1 unspecified atom stereocenters. The fourth-order valence-corrected chi connectivity index (χ4v) is 2.20. The summed E-state index contributed by atoms with van der Waals surface area (Å²) in [5.41, 5.74) is 0.847. The first kappa shape index (κ1) is 19.3. The number of benzene rings is 1. The van der Waals surface area contributed by atoms with E-state index < -0.39 is 0 Å². The van der Waals surface area contributed by atoms with Crippen molar-refractivity contribution in [3.8, 4) is 17.2 Å². The molecule has 140 valence electrons. The molecule has 0 aliphatic carbocycles. The summed E-state index contributed by atoms with van der Waals surface area (Å²) in [6.45, 7) is 4.10. The maximum Gasteiger partial charge on any atom is 0.258 e. The molecule has 1 aromatic heterocycles. The molecule has 1 amide bonds. The van der Waals surface area contributed by atoms with Crippen molar-refractivity contribution in [3.05, 3.63) is 30.1 Å². The van der Waals surface area contributed by atoms with E-state index in [0.717, 1.165) is 6.42 Å². The molecule has 2 aromatic rings. The lowest BCUT2D eigenvalue weighted by molar-refractivity contribution is 0.102. The first-order valence-electron chi connectivity index (χ1n) is 8.22. The van der Waals surface area contributed by atoms with E-state index in [-0.39, 0.29) is 11.9 Å². The van der Waals surface area contributed by atoms with Crippen LogP contribution in [0.4, 0.5) is 11.6 Å². The van der Waals surface area contributed by atoms with Crippen LogP contribution in [0.25, 0.3) is 0 Å². The highest BCUT2D eigenvalue weighted by Gasteiger charge is 2.15. The first-order chi connectivity index (χ1) is 12.5. The second-order valence-electron chi connectivity index (χ2n) is 5.62. The van der Waals surface area contributed by atoms with Gasteiger partial charge in [0.2, 0.25) is 11.7 Å². The second kappa shape index (κ2) is 8.89. The third kappa shape index (κ3) is 4.53. The molecular weight excluding hydrogens is 336 g/mol. The average molecular weight is 360 g/mol. The lowest BCUT2D eigenvalue weighted by atomic mass is 10.2. The summed E-state index contributed by atoms with van der Waals surface area (Å²) >= 11 is 0. The highest BCUT2D eigenvalue weighted by molar-refractivity contribution is 6.04. The lowest BCUT2D eigenvalue weighted by Crippen LogP contribution is -2.17. The summed E-state index contributed by atoms with van der Waals surface area (Å²) in [6.07, 6.45) is 3.91. The minimum Gasteiger partial charge on any atom is -0.493 e. The van der Waals surface area contributed by atoms with Crippen molar-refractivity contribution in [1.29, 1.82) is 0 Å². The van der Waals surface area contributed by atoms with Crippen molar-refractivity contribution in [2.24, 2.45) is 0 Å². The Labute approximate surface area is 152 Å². The largest absolute Gasteiger partial charge is 0.493 e. The van der Waals surface area contributed by atoms with Gasteiger partial charge in [0.25, 0.3) is 5.91 Å². The number of ether oxygens (including phenoxy) is 3. The van der Waals surface area contributed by atoms with Crippen LogP contribution in [0, 0.1) is 0 Å². The Morgan fingerprint density at radius 2 is 1.65 bits per heavy atom. The maximum absolute atomic E-state index is 12.4. The van der Waals surface area contributed by atoms with Gasteiger partial charge in [-0.1, -0.05) is 6.92 Å². The summed E-state index contributed by atoms with van der Waals surface area (Å²) in [7, 11) is 4.55. The molecule has 0 aliphatic heterocycles. The summed E-state index contributed by atoms with van der Waals surface area (Å²) < 4.78 is 15.8. The number of methoxy groups -OCH3 is 3. The van der Waals surface area contributed by atoms with E-state index in [0.29, 0.717) is 34.4 Å². The summed E-state index contributed by atoms with van der Waals surface area (Å²) in [4.78, 5) is 20.8. The number of anilines is 2. The van der Waals surface area contributed by atoms with Gasteiger partial charge in [-0.05, 0) is 13.3 Å². The first-order valence-corrected chi connectivity index (χ1v) is 8.22. The number of hydrogen-bond donors (Lipinski definition) is 2. The molecule has 1 aromatic carbocycles. The number of nitrogens with one attached hydrogen (secondary N) is 2. The number of amides is 1. The van der Waals surface area contributed by atoms with E-state index in [1.165, 1.54) is 33.7 Å². The summed E-state index contributed by atoms with van der Waals surface area (Å²) in [5.74, 6) is 1.51. The standard InChI is InChI=1S/C18H24N4O4/c1-6-11(2)21-18-19-9-12(10-20-18)17(23)22-13-7-14(24-3)16(26-5)15(8-13)25-4/h7-11H,6H2,1-5H3,(H,22,23)(H,19,20,21). The Hall–Kier alpha value is -3.03. The molecule has 0 fully saturated rings. The third-order valence-electron chi connectivity index (χ3n) is 3.82. The summed E-state index contributed by atoms with van der Waals surface area (Å²) in [6, 6.07) is 3.56. The number of rotatable bonds is 8. The SMILES string of the molecule is CCC(C)Nc1ncc(C(=O)Nc2cc(OC)c(OC)c(OC)c2)cn1. The number of aromatic nitrogens is 2. The third-order valence-corrected chi connectivity index (χ3v) is 3.82. The van der Waals surface area contributed by atoms with Gasteiger partial charge in [0, 0.05) is 36.3 Å². The van der Waals surface area contributed by atoms with Crippen molar-refractivity contribution >= 4 is 17.5 Å². The van der Waals surface area contributed by atoms with Gasteiger partial charge in [-0.15, -0.1) is 0 Å². The Balaban J connectivity index is 2.16. The van der Waals surface area contributed by atoms with Crippen molar-refractivity contribution in [3.63, 3.8) is 0 Å². The fraction of sp³-hybridized carbons (Fsp3) is 0.389. The van der Waals surface area contributed by atoms with Crippen LogP contribution in [0.15, 0.2) is 24.5 Å². The lowest BCUT2D eigenvalue weighted by Gasteiger charge is -2.14. The van der Waals surface area contributed by atoms with Gasteiger partial charge >= 0.3 is 0 Å². The molecule has 1 atom stereocenters. The van der Waals surface area contributed by atoms with Gasteiger partial charge in [0.05, 0.1) is 26.9 Å². The van der Waals surface area contributed by atoms with Crippen LogP contribution in [0.1, 0.15) is 30.6 Å². The molecule has 0 aliphatic rings. The molecule has 8 nitrogen and oxygen atoms in total. The van der Waals surface area contributed by atoms with Crippen molar-refractivity contribution in [1.82, 2.24) is 9.97 Å². The average Bonchev–Trinajstić information content (AvgIpc) is 2.67. The van der Waals surface area contributed by atoms with Gasteiger partial charge in [0.1, 0.15) is 0 Å². The van der Waals surface area contributed by atoms with Crippen molar-refractivity contribution in [2.75, 3.05) is 32.0 Å². The Bertz CT molecular complexity index is 724. The van der Waals surface area contributed by atoms with Gasteiger partial charge in [0.15, 0.2) is 11.5 Å². The van der Waals surface area contributed by atoms with E-state index in [2.05, 4.69) is 27.5 Å². The number of carbonyl (C=O) groups is 1. The minimum atomic E-state index is -0.339. The normalized spacial score (nSPS) is 11.4. The quantitative estimate of drug-likeness (QED) is 0.747. The summed E-state index contributed by atoms with van der Waals surface area (Å²) in [5, 5.41) is 5.92. The molecular formula is C18H24N4O4. The molecule has 0 saturated carbocycles. The molecule has 0 saturated heterocycles. The molecule has 26 heavy (non-hydrogen) atoms. The second-order valence-corrected chi connectivity index (χ2v) is 5.62. The van der Waals surface area contributed by atoms with Crippen LogP contribution >= 0.6 is 0 Å². The van der Waals surface area contributed by atoms with E-state index in [1.807, 2.05) is 6.92 Å². The fourth-order valence-electron chi connectivity index (χ4n) is 2.20. The van der Waals surface area contributed by atoms with Crippen molar-refractivity contribution < 1.29 is 19.0 Å². The molecule has 0 radical (unpaired) electrons. The van der Waals surface area contributed by atoms with E-state index in [1.54, 1.807) is 12.1 Å². The topological polar surface area (TPSA) is 94.6 Å². The molecule has 0 bridgehead atoms. The van der Waals surface area contributed by atoms with Gasteiger partial charge in [-0.3, -0.25) is 4.79 Å². The highest BCUT2D eigenvalue weighted by Crippen LogP contribution is 2.39. The predicted molar refractivity (Wildman–Crippen MR) is 99.5 cm³/mol. The molecule has 0 spiro atoms. The monoisotopic (exact) mass is 360 g/mol. The van der Waals surface area contributed by atoms with E-state index >= 15 is 0 Å². The van der Waals surface area contributed by atoms with Crippen LogP contribution in [-0.2, 0) is 0 Å². The van der Waals surface area contributed by atoms with Crippen LogP contribution < -0.4 is 24.8 Å². The molecule has 1 heterocycles. The smallest absolute Gasteiger partial charge is 0.258 e. The van der Waals surface area contributed by atoms with Crippen LogP contribution in [-0.4, -0.2) is 43.2 Å². The zero-order valence-electron chi connectivity index (χ0n) is 15.6. The Morgan fingerprint density at radius 3 is 2.12 bits per heavy atom. The van der Waals surface area contributed by atoms with E-state index in [9.17, 15) is 4.79 Å². The molecule has 8 heteroatoms. The maximum atomic E-state index is 12.4.